The lowest BCUT2D eigenvalue weighted by molar-refractivity contribution is 0.0407. The molecule has 0 atom stereocenters. The highest BCUT2D eigenvalue weighted by Gasteiger charge is 2.17. The Balaban J connectivity index is 1.18. The van der Waals surface area contributed by atoms with Crippen LogP contribution in [0, 0.1) is 0 Å². The molecule has 0 spiro atoms. The monoisotopic (exact) mass is 411 g/mol. The Morgan fingerprint density at radius 3 is 2.10 bits per heavy atom. The minimum absolute atomic E-state index is 0.485. The molecule has 1 fully saturated rings. The van der Waals surface area contributed by atoms with Crippen molar-refractivity contribution < 1.29 is 14.2 Å². The van der Waals surface area contributed by atoms with Gasteiger partial charge in [0, 0.05) is 20.2 Å². The van der Waals surface area contributed by atoms with Crippen molar-refractivity contribution in [1.29, 1.82) is 0 Å². The van der Waals surface area contributed by atoms with E-state index in [0.717, 1.165) is 24.5 Å². The molecule has 2 aromatic carbocycles. The summed E-state index contributed by atoms with van der Waals surface area (Å²) in [6, 6.07) is 18.2. The molecule has 4 nitrogen and oxygen atoms in total. The predicted octanol–water partition coefficient (Wildman–Crippen LogP) is 5.71. The second-order valence-corrected chi connectivity index (χ2v) is 8.14. The fourth-order valence-corrected chi connectivity index (χ4v) is 3.90. The fourth-order valence-electron chi connectivity index (χ4n) is 3.90. The van der Waals surface area contributed by atoms with E-state index in [1.54, 1.807) is 0 Å². The molecular formula is C26H37NO3. The molecule has 3 rings (SSSR count). The predicted molar refractivity (Wildman–Crippen MR) is 122 cm³/mol. The molecule has 0 aromatic heterocycles. The molecule has 0 saturated carbocycles. The summed E-state index contributed by atoms with van der Waals surface area (Å²) in [5.41, 5.74) is 1.17. The van der Waals surface area contributed by atoms with Crippen LogP contribution in [-0.2, 0) is 11.3 Å². The normalized spacial score (nSPS) is 15.2. The lowest BCUT2D eigenvalue weighted by Crippen LogP contribution is -2.37. The molecule has 0 N–H and O–H groups in total. The van der Waals surface area contributed by atoms with Gasteiger partial charge in [-0.2, -0.15) is 0 Å². The highest BCUT2D eigenvalue weighted by molar-refractivity contribution is 5.31. The van der Waals surface area contributed by atoms with E-state index in [1.165, 1.54) is 63.7 Å². The first-order chi connectivity index (χ1) is 14.8. The lowest BCUT2D eigenvalue weighted by Gasteiger charge is -2.31. The summed E-state index contributed by atoms with van der Waals surface area (Å²) in [6.07, 6.45) is 9.14. The van der Waals surface area contributed by atoms with E-state index >= 15 is 0 Å². The average molecular weight is 412 g/mol. The van der Waals surface area contributed by atoms with Crippen LogP contribution < -0.4 is 9.47 Å². The third kappa shape index (κ3) is 8.37. The summed E-state index contributed by atoms with van der Waals surface area (Å²) in [4.78, 5) is 2.59. The third-order valence-corrected chi connectivity index (χ3v) is 5.83. The van der Waals surface area contributed by atoms with Gasteiger partial charge in [0.1, 0.15) is 18.1 Å². The van der Waals surface area contributed by atoms with Crippen molar-refractivity contribution in [3.05, 3.63) is 60.2 Å². The van der Waals surface area contributed by atoms with Crippen LogP contribution in [0.3, 0.4) is 0 Å². The number of rotatable bonds is 13. The van der Waals surface area contributed by atoms with Crippen molar-refractivity contribution in [3.63, 3.8) is 0 Å². The van der Waals surface area contributed by atoms with Crippen molar-refractivity contribution in [3.8, 4) is 11.5 Å². The van der Waals surface area contributed by atoms with E-state index < -0.39 is 0 Å². The van der Waals surface area contributed by atoms with Crippen LogP contribution in [0.1, 0.15) is 50.5 Å². The zero-order chi connectivity index (χ0) is 20.9. The molecule has 0 radical (unpaired) electrons. The Hall–Kier alpha value is -2.04. The number of methoxy groups -OCH3 is 1. The molecule has 1 aliphatic heterocycles. The van der Waals surface area contributed by atoms with Crippen molar-refractivity contribution in [2.45, 2.75) is 57.7 Å². The maximum Gasteiger partial charge on any atom is 0.120 e. The van der Waals surface area contributed by atoms with Gasteiger partial charge in [-0.15, -0.1) is 0 Å². The van der Waals surface area contributed by atoms with Crippen LogP contribution in [0.5, 0.6) is 11.5 Å². The number of benzene rings is 2. The number of ether oxygens (including phenoxy) is 3. The lowest BCUT2D eigenvalue weighted by atomic mass is 10.1. The van der Waals surface area contributed by atoms with Crippen LogP contribution in [0.15, 0.2) is 54.6 Å². The van der Waals surface area contributed by atoms with Gasteiger partial charge in [0.25, 0.3) is 0 Å². The molecule has 30 heavy (non-hydrogen) atoms. The topological polar surface area (TPSA) is 30.9 Å². The van der Waals surface area contributed by atoms with Gasteiger partial charge in [-0.25, -0.2) is 0 Å². The van der Waals surface area contributed by atoms with Gasteiger partial charge in [0.15, 0.2) is 0 Å². The number of hydrogen-bond donors (Lipinski definition) is 0. The van der Waals surface area contributed by atoms with Crippen molar-refractivity contribution in [2.75, 3.05) is 33.4 Å². The number of piperidine rings is 1. The van der Waals surface area contributed by atoms with Gasteiger partial charge >= 0.3 is 0 Å². The SMILES string of the molecule is COC1CCN(CCCCCCCOc2ccc(OCc3ccccc3)cc2)CC1. The summed E-state index contributed by atoms with van der Waals surface area (Å²) >= 11 is 0. The number of hydrogen-bond acceptors (Lipinski definition) is 4. The van der Waals surface area contributed by atoms with Crippen molar-refractivity contribution >= 4 is 0 Å². The summed E-state index contributed by atoms with van der Waals surface area (Å²) in [5, 5.41) is 0. The van der Waals surface area contributed by atoms with Crippen LogP contribution in [-0.4, -0.2) is 44.4 Å². The van der Waals surface area contributed by atoms with Crippen molar-refractivity contribution in [2.24, 2.45) is 0 Å². The Labute approximate surface area is 182 Å². The van der Waals surface area contributed by atoms with E-state index in [1.807, 2.05) is 49.6 Å². The quantitative estimate of drug-likeness (QED) is 0.395. The smallest absolute Gasteiger partial charge is 0.120 e. The summed E-state index contributed by atoms with van der Waals surface area (Å²) in [5.74, 6) is 1.79. The zero-order valence-electron chi connectivity index (χ0n) is 18.4. The number of unbranched alkanes of at least 4 members (excludes halogenated alkanes) is 4. The van der Waals surface area contributed by atoms with Crippen LogP contribution in [0.2, 0.25) is 0 Å². The van der Waals surface area contributed by atoms with Gasteiger partial charge in [-0.3, -0.25) is 0 Å². The molecule has 4 heteroatoms. The van der Waals surface area contributed by atoms with Gasteiger partial charge < -0.3 is 19.1 Å². The van der Waals surface area contributed by atoms with Crippen LogP contribution in [0.25, 0.3) is 0 Å². The van der Waals surface area contributed by atoms with Crippen LogP contribution in [0.4, 0.5) is 0 Å². The molecule has 164 valence electrons. The van der Waals surface area contributed by atoms with Gasteiger partial charge in [-0.05, 0) is 62.1 Å². The van der Waals surface area contributed by atoms with Gasteiger partial charge in [0.2, 0.25) is 0 Å². The second kappa shape index (κ2) is 13.3. The van der Waals surface area contributed by atoms with E-state index in [0.29, 0.717) is 12.7 Å². The average Bonchev–Trinajstić information content (AvgIpc) is 2.81. The number of nitrogens with zero attached hydrogens (tertiary/aromatic N) is 1. The zero-order valence-corrected chi connectivity index (χ0v) is 18.4. The summed E-state index contributed by atoms with van der Waals surface area (Å²) in [6.45, 7) is 5.01. The standard InChI is InChI=1S/C26H37NO3/c1-28-24-16-19-27(20-17-24)18-8-3-2-4-9-21-29-25-12-14-26(15-13-25)30-22-23-10-6-5-7-11-23/h5-7,10-15,24H,2-4,8-9,16-22H2,1H3. The molecule has 0 amide bonds. The molecule has 0 bridgehead atoms. The fraction of sp³-hybridized carbons (Fsp3) is 0.538. The highest BCUT2D eigenvalue weighted by atomic mass is 16.5. The maximum atomic E-state index is 5.87. The molecule has 1 aliphatic rings. The van der Waals surface area contributed by atoms with E-state index in [4.69, 9.17) is 14.2 Å². The molecule has 0 aliphatic carbocycles. The largest absolute Gasteiger partial charge is 0.494 e. The van der Waals surface area contributed by atoms with Crippen molar-refractivity contribution in [1.82, 2.24) is 4.90 Å². The van der Waals surface area contributed by atoms with Gasteiger partial charge in [0.05, 0.1) is 12.7 Å². The Morgan fingerprint density at radius 2 is 1.40 bits per heavy atom. The molecule has 2 aromatic rings. The maximum absolute atomic E-state index is 5.87. The molecular weight excluding hydrogens is 374 g/mol. The van der Waals surface area contributed by atoms with Gasteiger partial charge in [-0.1, -0.05) is 49.6 Å². The molecule has 1 saturated heterocycles. The Bertz CT molecular complexity index is 681. The Kier molecular flexibility index (Phi) is 10.0. The van der Waals surface area contributed by atoms with Crippen LogP contribution >= 0.6 is 0 Å². The first-order valence-electron chi connectivity index (χ1n) is 11.5. The first-order valence-corrected chi connectivity index (χ1v) is 11.5. The number of likely N-dealkylation sites (tertiary alicyclic amines) is 1. The highest BCUT2D eigenvalue weighted by Crippen LogP contribution is 2.19. The summed E-state index contributed by atoms with van der Waals surface area (Å²) in [7, 11) is 1.83. The minimum atomic E-state index is 0.485. The minimum Gasteiger partial charge on any atom is -0.494 e. The molecule has 1 heterocycles. The van der Waals surface area contributed by atoms with E-state index in [9.17, 15) is 0 Å². The van der Waals surface area contributed by atoms with E-state index in [2.05, 4.69) is 17.0 Å². The first kappa shape index (κ1) is 22.6. The molecule has 0 unspecified atom stereocenters. The summed E-state index contributed by atoms with van der Waals surface area (Å²) < 4.78 is 17.1. The van der Waals surface area contributed by atoms with E-state index in [-0.39, 0.29) is 0 Å². The third-order valence-electron chi connectivity index (χ3n) is 5.83. The Morgan fingerprint density at radius 1 is 0.767 bits per heavy atom. The second-order valence-electron chi connectivity index (χ2n) is 8.14.